The minimum Gasteiger partial charge on any atom is -0.377 e. The van der Waals surface area contributed by atoms with E-state index in [1.165, 1.54) is 0 Å². The molecule has 0 bridgehead atoms. The molecule has 8 heteroatoms. The largest absolute Gasteiger partial charge is 0.377 e. The van der Waals surface area contributed by atoms with Crippen molar-refractivity contribution in [3.63, 3.8) is 0 Å². The van der Waals surface area contributed by atoms with Crippen molar-refractivity contribution < 1.29 is 20.5 Å². The summed E-state index contributed by atoms with van der Waals surface area (Å²) < 4.78 is 14.6. The number of rotatable bonds is 9. The summed E-state index contributed by atoms with van der Waals surface area (Å²) in [6, 6.07) is -0.230. The SMILES string of the molecule is [2H]C(C)(C)[C@@](C)(OC)[C@H]1C(=O)N2C(C=O)=C(S[C@@H]3CN[C@](C)(C(=O)N(C)CC)C3(C)C)[C@H](C(C)C)[C@H]12. The molecule has 0 aromatic heterocycles. The van der Waals surface area contributed by atoms with Crippen LogP contribution >= 0.6 is 11.8 Å². The molecule has 7 nitrogen and oxygen atoms in total. The van der Waals surface area contributed by atoms with Crippen LogP contribution in [0.25, 0.3) is 0 Å². The first kappa shape index (κ1) is 26.7. The minimum atomic E-state index is -1.02. The number of likely N-dealkylation sites (N-methyl/N-ethyl adjacent to an activating group) is 1. The zero-order chi connectivity index (χ0) is 27.6. The van der Waals surface area contributed by atoms with E-state index in [0.29, 0.717) is 18.8 Å². The standard InChI is InChI=1S/C27H45N3O4S/c1-12-29(10)24(33)27(9)25(6,7)18(13-28-27)35-22-17(14-31)30-21(19(22)15(2)3)20(23(30)32)26(8,34-11)16(4)5/h14-16,18-21,28H,12-13H2,1-11H3/t18-,19-,20-,21-,26-,27-/m1/s1/i16D. The monoisotopic (exact) mass is 508 g/mol. The Balaban J connectivity index is 2.01. The van der Waals surface area contributed by atoms with Crippen molar-refractivity contribution in [2.24, 2.45) is 29.1 Å². The highest BCUT2D eigenvalue weighted by Gasteiger charge is 2.66. The lowest BCUT2D eigenvalue weighted by atomic mass is 9.66. The van der Waals surface area contributed by atoms with E-state index in [-0.39, 0.29) is 34.9 Å². The molecule has 35 heavy (non-hydrogen) atoms. The molecule has 0 spiro atoms. The molecule has 3 rings (SSSR count). The predicted molar refractivity (Wildman–Crippen MR) is 141 cm³/mol. The van der Waals surface area contributed by atoms with Gasteiger partial charge in [0, 0.05) is 50.1 Å². The highest BCUT2D eigenvalue weighted by Crippen LogP contribution is 2.58. The Morgan fingerprint density at radius 3 is 2.43 bits per heavy atom. The number of methoxy groups -OCH3 is 1. The second-order valence-corrected chi connectivity index (χ2v) is 13.0. The number of nitrogens with zero attached hydrogens (tertiary/aromatic N) is 2. The van der Waals surface area contributed by atoms with Gasteiger partial charge in [-0.1, -0.05) is 41.5 Å². The summed E-state index contributed by atoms with van der Waals surface area (Å²) in [6.07, 6.45) is 0.812. The number of hydrogen-bond donors (Lipinski definition) is 1. The van der Waals surface area contributed by atoms with Gasteiger partial charge in [0.25, 0.3) is 0 Å². The van der Waals surface area contributed by atoms with Crippen LogP contribution < -0.4 is 5.32 Å². The van der Waals surface area contributed by atoms with Gasteiger partial charge in [-0.15, -0.1) is 11.8 Å². The normalized spacial score (nSPS) is 34.5. The second kappa shape index (κ2) is 9.49. The van der Waals surface area contributed by atoms with E-state index in [2.05, 4.69) is 33.0 Å². The van der Waals surface area contributed by atoms with Crippen molar-refractivity contribution >= 4 is 29.9 Å². The number of nitrogens with one attached hydrogen (secondary N) is 1. The van der Waals surface area contributed by atoms with E-state index in [4.69, 9.17) is 6.11 Å². The molecule has 3 aliphatic rings. The van der Waals surface area contributed by atoms with Crippen molar-refractivity contribution in [3.05, 3.63) is 10.6 Å². The first-order valence-electron chi connectivity index (χ1n) is 13.2. The van der Waals surface area contributed by atoms with Crippen molar-refractivity contribution in [3.8, 4) is 0 Å². The zero-order valence-corrected chi connectivity index (χ0v) is 24.1. The van der Waals surface area contributed by atoms with E-state index in [1.807, 2.05) is 27.8 Å². The zero-order valence-electron chi connectivity index (χ0n) is 24.3. The Kier molecular flexibility index (Phi) is 7.23. The fraction of sp³-hybridized carbons (Fsp3) is 0.815. The fourth-order valence-electron chi connectivity index (χ4n) is 6.08. The summed E-state index contributed by atoms with van der Waals surface area (Å²) in [7, 11) is 3.38. The maximum Gasteiger partial charge on any atom is 0.242 e. The molecule has 0 unspecified atom stereocenters. The number of ether oxygens (including phenoxy) is 1. The predicted octanol–water partition coefficient (Wildman–Crippen LogP) is 3.54. The van der Waals surface area contributed by atoms with Crippen LogP contribution in [0.4, 0.5) is 0 Å². The number of carbonyl (C=O) groups is 3. The van der Waals surface area contributed by atoms with Crippen LogP contribution in [-0.2, 0) is 19.1 Å². The highest BCUT2D eigenvalue weighted by atomic mass is 32.2. The molecule has 1 N–H and O–H groups in total. The third-order valence-electron chi connectivity index (χ3n) is 9.42. The van der Waals surface area contributed by atoms with Crippen LogP contribution in [-0.4, -0.2) is 77.6 Å². The molecule has 2 saturated heterocycles. The van der Waals surface area contributed by atoms with E-state index >= 15 is 0 Å². The van der Waals surface area contributed by atoms with Crippen LogP contribution in [0.1, 0.15) is 63.7 Å². The Morgan fingerprint density at radius 2 is 1.97 bits per heavy atom. The molecule has 0 aromatic carbocycles. The van der Waals surface area contributed by atoms with Gasteiger partial charge in [-0.25, -0.2) is 0 Å². The Hall–Kier alpha value is -1.38. The van der Waals surface area contributed by atoms with Crippen LogP contribution in [0.2, 0.25) is 0 Å². The van der Waals surface area contributed by atoms with Crippen molar-refractivity contribution in [2.75, 3.05) is 27.2 Å². The third kappa shape index (κ3) is 3.89. The molecular formula is C27H45N3O4S. The first-order valence-corrected chi connectivity index (χ1v) is 13.6. The lowest BCUT2D eigenvalue weighted by molar-refractivity contribution is -0.184. The van der Waals surface area contributed by atoms with Crippen LogP contribution in [0.15, 0.2) is 10.6 Å². The van der Waals surface area contributed by atoms with E-state index in [9.17, 15) is 14.4 Å². The number of β-lactam (4-membered cyclic amide) rings is 1. The van der Waals surface area contributed by atoms with Gasteiger partial charge in [-0.2, -0.15) is 0 Å². The van der Waals surface area contributed by atoms with Crippen LogP contribution in [0, 0.1) is 29.1 Å². The Morgan fingerprint density at radius 1 is 1.37 bits per heavy atom. The Bertz CT molecular complexity index is 961. The number of allylic oxidation sites excluding steroid dienone is 1. The molecule has 0 saturated carbocycles. The summed E-state index contributed by atoms with van der Waals surface area (Å²) in [6.45, 7) is 19.0. The molecule has 0 radical (unpaired) electrons. The van der Waals surface area contributed by atoms with Gasteiger partial charge < -0.3 is 19.9 Å². The van der Waals surface area contributed by atoms with Crippen molar-refractivity contribution in [1.29, 1.82) is 0 Å². The average molecular weight is 509 g/mol. The molecule has 198 valence electrons. The number of hydrogen-bond acceptors (Lipinski definition) is 6. The minimum absolute atomic E-state index is 0.0246. The third-order valence-corrected chi connectivity index (χ3v) is 11.2. The van der Waals surface area contributed by atoms with Gasteiger partial charge in [-0.3, -0.25) is 14.4 Å². The first-order chi connectivity index (χ1) is 16.5. The summed E-state index contributed by atoms with van der Waals surface area (Å²) in [5, 5.41) is 3.52. The number of amides is 2. The topological polar surface area (TPSA) is 79.0 Å². The molecule has 6 atom stereocenters. The number of aldehydes is 1. The van der Waals surface area contributed by atoms with Gasteiger partial charge in [0.2, 0.25) is 11.8 Å². The molecule has 0 aliphatic carbocycles. The summed E-state index contributed by atoms with van der Waals surface area (Å²) in [4.78, 5) is 43.6. The number of fused-ring (bicyclic) bond motifs is 1. The van der Waals surface area contributed by atoms with Gasteiger partial charge in [-0.05, 0) is 32.6 Å². The van der Waals surface area contributed by atoms with Gasteiger partial charge in [0.05, 0.1) is 23.3 Å². The molecular weight excluding hydrogens is 462 g/mol. The van der Waals surface area contributed by atoms with Crippen molar-refractivity contribution in [2.45, 2.75) is 84.7 Å². The lowest BCUT2D eigenvalue weighted by Gasteiger charge is -2.54. The molecule has 3 aliphatic heterocycles. The molecule has 2 amide bonds. The molecule has 0 aromatic rings. The smallest absolute Gasteiger partial charge is 0.242 e. The number of carbonyl (C=O) groups excluding carboxylic acids is 3. The average Bonchev–Trinajstić information content (AvgIpc) is 3.20. The quantitative estimate of drug-likeness (QED) is 0.379. The Labute approximate surface area is 217 Å². The van der Waals surface area contributed by atoms with Gasteiger partial charge in [0.15, 0.2) is 6.29 Å². The van der Waals surface area contributed by atoms with Crippen LogP contribution in [0.5, 0.6) is 0 Å². The van der Waals surface area contributed by atoms with E-state index in [1.54, 1.807) is 42.5 Å². The summed E-state index contributed by atoms with van der Waals surface area (Å²) in [5.41, 5.74) is -1.72. The molecule has 3 heterocycles. The molecule has 2 fully saturated rings. The fourth-order valence-corrected chi connectivity index (χ4v) is 7.92. The highest BCUT2D eigenvalue weighted by molar-refractivity contribution is 8.03. The lowest BCUT2D eigenvalue weighted by Crippen LogP contribution is -2.69. The van der Waals surface area contributed by atoms with Crippen LogP contribution in [0.3, 0.4) is 0 Å². The van der Waals surface area contributed by atoms with E-state index < -0.39 is 28.4 Å². The van der Waals surface area contributed by atoms with Crippen molar-refractivity contribution in [1.82, 2.24) is 15.1 Å². The summed E-state index contributed by atoms with van der Waals surface area (Å²) >= 11 is 1.64. The van der Waals surface area contributed by atoms with Gasteiger partial charge >= 0.3 is 0 Å². The number of thioether (sulfide) groups is 1. The summed E-state index contributed by atoms with van der Waals surface area (Å²) in [5.74, 6) is -1.51. The maximum absolute atomic E-state index is 13.5. The second-order valence-electron chi connectivity index (χ2n) is 11.8. The van der Waals surface area contributed by atoms with Gasteiger partial charge in [0.1, 0.15) is 5.54 Å². The maximum atomic E-state index is 13.5. The van der Waals surface area contributed by atoms with E-state index in [0.717, 1.165) is 11.2 Å².